The highest BCUT2D eigenvalue weighted by molar-refractivity contribution is 5.16. The summed E-state index contributed by atoms with van der Waals surface area (Å²) in [5, 5.41) is 0. The zero-order valence-corrected chi connectivity index (χ0v) is 7.19. The van der Waals surface area contributed by atoms with Gasteiger partial charge < -0.3 is 0 Å². The van der Waals surface area contributed by atoms with E-state index in [0.29, 0.717) is 0 Å². The minimum Gasteiger partial charge on any atom is -0.0844 e. The minimum absolute atomic E-state index is 1.03. The summed E-state index contributed by atoms with van der Waals surface area (Å²) in [6.45, 7) is 0. The Balaban J connectivity index is 2.55. The van der Waals surface area contributed by atoms with Crippen LogP contribution in [-0.4, -0.2) is 0 Å². The van der Waals surface area contributed by atoms with E-state index in [-0.39, 0.29) is 0 Å². The van der Waals surface area contributed by atoms with Gasteiger partial charge in [-0.2, -0.15) is 0 Å². The van der Waals surface area contributed by atoms with Gasteiger partial charge in [-0.25, -0.2) is 0 Å². The molecule has 0 bridgehead atoms. The molecule has 0 N–H and O–H groups in total. The maximum absolute atomic E-state index is 2.18. The van der Waals surface area contributed by atoms with Crippen molar-refractivity contribution >= 4 is 0 Å². The van der Waals surface area contributed by atoms with Crippen molar-refractivity contribution in [1.29, 1.82) is 0 Å². The second kappa shape index (κ2) is 6.41. The molecule has 0 heterocycles. The van der Waals surface area contributed by atoms with E-state index in [4.69, 9.17) is 0 Å². The molecule has 0 aromatic carbocycles. The van der Waals surface area contributed by atoms with E-state index in [1.165, 1.54) is 0 Å². The highest BCUT2D eigenvalue weighted by Gasteiger charge is 1.72. The van der Waals surface area contributed by atoms with Crippen LogP contribution in [0.5, 0.6) is 0 Å². The Bertz CT molecular complexity index is 211. The first-order chi connectivity index (χ1) is 6.00. The van der Waals surface area contributed by atoms with E-state index in [1.807, 2.05) is 24.3 Å². The fraction of sp³-hybridized carbons (Fsp3) is 0.167. The second-order valence-corrected chi connectivity index (χ2v) is 2.57. The average molecular weight is 158 g/mol. The molecule has 0 saturated carbocycles. The van der Waals surface area contributed by atoms with Gasteiger partial charge in [0.15, 0.2) is 0 Å². The third-order valence-corrected chi connectivity index (χ3v) is 1.54. The molecule has 0 atom stereocenters. The molecule has 0 saturated heterocycles. The molecule has 1 aliphatic rings. The Morgan fingerprint density at radius 3 is 1.33 bits per heavy atom. The molecule has 0 aromatic rings. The van der Waals surface area contributed by atoms with Crippen LogP contribution in [0.25, 0.3) is 0 Å². The van der Waals surface area contributed by atoms with E-state index < -0.39 is 0 Å². The van der Waals surface area contributed by atoms with Crippen LogP contribution in [0.3, 0.4) is 0 Å². The summed E-state index contributed by atoms with van der Waals surface area (Å²) in [5.74, 6) is 0. The lowest BCUT2D eigenvalue weighted by atomic mass is 10.2. The van der Waals surface area contributed by atoms with Gasteiger partial charge in [0, 0.05) is 0 Å². The SMILES string of the molecule is C1=C/C=C/C=C\C/C=C/CC=C1. The molecule has 0 nitrogen and oxygen atoms in total. The summed E-state index contributed by atoms with van der Waals surface area (Å²) in [5.41, 5.74) is 0. The summed E-state index contributed by atoms with van der Waals surface area (Å²) in [6, 6.07) is 0. The number of rotatable bonds is 0. The summed E-state index contributed by atoms with van der Waals surface area (Å²) < 4.78 is 0. The normalized spacial score (nSPS) is 25.3. The summed E-state index contributed by atoms with van der Waals surface area (Å²) in [6.07, 6.45) is 23.0. The lowest BCUT2D eigenvalue weighted by molar-refractivity contribution is 1.31. The maximum Gasteiger partial charge on any atom is -0.0166 e. The van der Waals surface area contributed by atoms with E-state index in [9.17, 15) is 0 Å². The van der Waals surface area contributed by atoms with Crippen molar-refractivity contribution in [2.75, 3.05) is 0 Å². The molecular formula is C12H14. The van der Waals surface area contributed by atoms with Gasteiger partial charge in [0.1, 0.15) is 0 Å². The zero-order chi connectivity index (χ0) is 8.49. The Kier molecular flexibility index (Phi) is 4.70. The van der Waals surface area contributed by atoms with E-state index in [1.54, 1.807) is 0 Å². The quantitative estimate of drug-likeness (QED) is 0.473. The van der Waals surface area contributed by atoms with Crippen LogP contribution in [0.1, 0.15) is 12.8 Å². The first-order valence-corrected chi connectivity index (χ1v) is 4.30. The van der Waals surface area contributed by atoms with Crippen LogP contribution < -0.4 is 0 Å². The van der Waals surface area contributed by atoms with E-state index in [0.717, 1.165) is 12.8 Å². The van der Waals surface area contributed by atoms with Crippen molar-refractivity contribution in [2.45, 2.75) is 12.8 Å². The van der Waals surface area contributed by atoms with Crippen LogP contribution in [0.2, 0.25) is 0 Å². The van der Waals surface area contributed by atoms with Crippen molar-refractivity contribution < 1.29 is 0 Å². The molecule has 0 spiro atoms. The smallest absolute Gasteiger partial charge is 0.0166 e. The third kappa shape index (κ3) is 4.51. The van der Waals surface area contributed by atoms with Crippen LogP contribution in [0, 0.1) is 0 Å². The fourth-order valence-electron chi connectivity index (χ4n) is 0.920. The molecule has 0 radical (unpaired) electrons. The van der Waals surface area contributed by atoms with Gasteiger partial charge in [-0.3, -0.25) is 0 Å². The molecule has 0 amide bonds. The number of allylic oxidation sites excluding steroid dienone is 10. The summed E-state index contributed by atoms with van der Waals surface area (Å²) in [7, 11) is 0. The first kappa shape index (κ1) is 8.79. The first-order valence-electron chi connectivity index (χ1n) is 4.30. The van der Waals surface area contributed by atoms with E-state index in [2.05, 4.69) is 36.5 Å². The highest BCUT2D eigenvalue weighted by atomic mass is 13.8. The van der Waals surface area contributed by atoms with Gasteiger partial charge in [-0.15, -0.1) is 0 Å². The molecule has 0 fully saturated rings. The number of hydrogen-bond donors (Lipinski definition) is 0. The van der Waals surface area contributed by atoms with Gasteiger partial charge >= 0.3 is 0 Å². The monoisotopic (exact) mass is 158 g/mol. The van der Waals surface area contributed by atoms with Crippen molar-refractivity contribution in [2.24, 2.45) is 0 Å². The van der Waals surface area contributed by atoms with Crippen LogP contribution in [-0.2, 0) is 0 Å². The Morgan fingerprint density at radius 2 is 0.833 bits per heavy atom. The summed E-state index contributed by atoms with van der Waals surface area (Å²) >= 11 is 0. The van der Waals surface area contributed by atoms with Gasteiger partial charge in [0.05, 0.1) is 0 Å². The van der Waals surface area contributed by atoms with Gasteiger partial charge in [0.2, 0.25) is 0 Å². The molecule has 0 aromatic heterocycles. The predicted molar refractivity (Wildman–Crippen MR) is 54.9 cm³/mol. The van der Waals surface area contributed by atoms with Gasteiger partial charge in [-0.1, -0.05) is 60.8 Å². The lowest BCUT2D eigenvalue weighted by Crippen LogP contribution is -1.62. The Hall–Kier alpha value is -1.30. The lowest BCUT2D eigenvalue weighted by Gasteiger charge is -1.83. The molecule has 0 aliphatic heterocycles. The van der Waals surface area contributed by atoms with Crippen LogP contribution >= 0.6 is 0 Å². The van der Waals surface area contributed by atoms with Crippen molar-refractivity contribution in [3.05, 3.63) is 60.8 Å². The van der Waals surface area contributed by atoms with Crippen molar-refractivity contribution in [3.8, 4) is 0 Å². The Morgan fingerprint density at radius 1 is 0.417 bits per heavy atom. The maximum atomic E-state index is 2.18. The highest BCUT2D eigenvalue weighted by Crippen LogP contribution is 1.93. The molecule has 1 aliphatic carbocycles. The van der Waals surface area contributed by atoms with Crippen LogP contribution in [0.4, 0.5) is 0 Å². The van der Waals surface area contributed by atoms with Crippen LogP contribution in [0.15, 0.2) is 60.8 Å². The fourth-order valence-corrected chi connectivity index (χ4v) is 0.920. The Labute approximate surface area is 74.3 Å². The second-order valence-electron chi connectivity index (χ2n) is 2.57. The summed E-state index contributed by atoms with van der Waals surface area (Å²) in [4.78, 5) is 0. The molecule has 0 unspecified atom stereocenters. The number of hydrogen-bond acceptors (Lipinski definition) is 0. The molecule has 12 heavy (non-hydrogen) atoms. The molecule has 62 valence electrons. The molecular weight excluding hydrogens is 144 g/mol. The average Bonchev–Trinajstić information content (AvgIpc) is 2.05. The van der Waals surface area contributed by atoms with Gasteiger partial charge in [0.25, 0.3) is 0 Å². The largest absolute Gasteiger partial charge is 0.0844 e. The standard InChI is InChI=1S/C12H14/c1-2-4-6-8-10-12-11-9-7-5-3-1/h1-8,11-12H,9-10H2/b3-1+,4-2?,7-5-,8-6?,12-11+. The topological polar surface area (TPSA) is 0 Å². The zero-order valence-electron chi connectivity index (χ0n) is 7.19. The van der Waals surface area contributed by atoms with Crippen molar-refractivity contribution in [3.63, 3.8) is 0 Å². The van der Waals surface area contributed by atoms with Gasteiger partial charge in [-0.05, 0) is 12.8 Å². The predicted octanol–water partition coefficient (Wildman–Crippen LogP) is 3.56. The third-order valence-electron chi connectivity index (χ3n) is 1.54. The van der Waals surface area contributed by atoms with E-state index >= 15 is 0 Å². The molecule has 0 heteroatoms. The van der Waals surface area contributed by atoms with Crippen molar-refractivity contribution in [1.82, 2.24) is 0 Å². The minimum atomic E-state index is 1.03. The molecule has 1 rings (SSSR count).